The van der Waals surface area contributed by atoms with Gasteiger partial charge in [0.2, 0.25) is 10.0 Å². The second-order valence-electron chi connectivity index (χ2n) is 5.21. The van der Waals surface area contributed by atoms with Gasteiger partial charge in [0.05, 0.1) is 23.3 Å². The van der Waals surface area contributed by atoms with Gasteiger partial charge in [0.15, 0.2) is 0 Å². The Kier molecular flexibility index (Phi) is 5.67. The quantitative estimate of drug-likeness (QED) is 0.822. The van der Waals surface area contributed by atoms with Gasteiger partial charge in [-0.05, 0) is 29.6 Å². The third-order valence-electron chi connectivity index (χ3n) is 3.60. The first-order valence-corrected chi connectivity index (χ1v) is 10.4. The van der Waals surface area contributed by atoms with Crippen LogP contribution in [0, 0.1) is 0 Å². The number of ether oxygens (including phenoxy) is 1. The van der Waals surface area contributed by atoms with Crippen LogP contribution in [0.15, 0.2) is 34.5 Å². The molecule has 0 atom stereocenters. The van der Waals surface area contributed by atoms with Crippen molar-refractivity contribution in [1.29, 1.82) is 0 Å². The number of thiophene rings is 1. The van der Waals surface area contributed by atoms with Crippen molar-refractivity contribution < 1.29 is 17.9 Å². The standard InChI is InChI=1S/C15H14Cl2N2O4S2/c16-11-2-1-10(9-12(11)17)18-15(20)14-13(3-8-24-14)25(21,22)19-4-6-23-7-5-19/h1-3,8-9H,4-7H2,(H,18,20). The fourth-order valence-corrected chi connectivity index (χ4v) is 5.36. The highest BCUT2D eigenvalue weighted by Gasteiger charge is 2.31. The number of nitrogens with zero attached hydrogens (tertiary/aromatic N) is 1. The van der Waals surface area contributed by atoms with E-state index in [4.69, 9.17) is 27.9 Å². The van der Waals surface area contributed by atoms with E-state index < -0.39 is 15.9 Å². The Morgan fingerprint density at radius 2 is 1.88 bits per heavy atom. The van der Waals surface area contributed by atoms with Gasteiger partial charge in [-0.25, -0.2) is 8.42 Å². The van der Waals surface area contributed by atoms with Crippen molar-refractivity contribution in [2.45, 2.75) is 4.90 Å². The second-order valence-corrected chi connectivity index (χ2v) is 8.85. The molecular weight excluding hydrogens is 407 g/mol. The molecule has 1 fully saturated rings. The molecule has 2 aromatic rings. The van der Waals surface area contributed by atoms with Crippen LogP contribution in [-0.4, -0.2) is 44.9 Å². The maximum absolute atomic E-state index is 12.8. The Morgan fingerprint density at radius 1 is 1.16 bits per heavy atom. The summed E-state index contributed by atoms with van der Waals surface area (Å²) < 4.78 is 32.1. The molecule has 1 aromatic heterocycles. The molecule has 1 aromatic carbocycles. The largest absolute Gasteiger partial charge is 0.379 e. The number of carbonyl (C=O) groups is 1. The van der Waals surface area contributed by atoms with Gasteiger partial charge in [-0.2, -0.15) is 4.31 Å². The number of anilines is 1. The first kappa shape index (κ1) is 18.6. The average Bonchev–Trinajstić information content (AvgIpc) is 3.10. The Balaban J connectivity index is 1.85. The van der Waals surface area contributed by atoms with Gasteiger partial charge in [0.1, 0.15) is 9.77 Å². The van der Waals surface area contributed by atoms with E-state index in [0.29, 0.717) is 28.9 Å². The van der Waals surface area contributed by atoms with Crippen molar-refractivity contribution in [3.05, 3.63) is 44.6 Å². The van der Waals surface area contributed by atoms with Crippen LogP contribution in [0.25, 0.3) is 0 Å². The van der Waals surface area contributed by atoms with Gasteiger partial charge in [0, 0.05) is 18.8 Å². The Hall–Kier alpha value is -1.16. The van der Waals surface area contributed by atoms with Crippen LogP contribution in [0.4, 0.5) is 5.69 Å². The maximum atomic E-state index is 12.8. The van der Waals surface area contributed by atoms with E-state index in [2.05, 4.69) is 5.32 Å². The lowest BCUT2D eigenvalue weighted by molar-refractivity contribution is 0.0730. The van der Waals surface area contributed by atoms with E-state index >= 15 is 0 Å². The Bertz CT molecular complexity index is 893. The summed E-state index contributed by atoms with van der Waals surface area (Å²) in [7, 11) is -3.75. The molecule has 3 rings (SSSR count). The predicted octanol–water partition coefficient (Wildman–Crippen LogP) is 3.33. The summed E-state index contributed by atoms with van der Waals surface area (Å²) in [5.41, 5.74) is 0.433. The third-order valence-corrected chi connectivity index (χ3v) is 7.32. The molecule has 25 heavy (non-hydrogen) atoms. The molecular formula is C15H14Cl2N2O4S2. The number of halogens is 2. The zero-order valence-electron chi connectivity index (χ0n) is 12.9. The summed E-state index contributed by atoms with van der Waals surface area (Å²) in [6, 6.07) is 6.10. The fourth-order valence-electron chi connectivity index (χ4n) is 2.35. The summed E-state index contributed by atoms with van der Waals surface area (Å²) in [5, 5.41) is 4.89. The van der Waals surface area contributed by atoms with Gasteiger partial charge in [-0.1, -0.05) is 23.2 Å². The lowest BCUT2D eigenvalue weighted by Crippen LogP contribution is -2.41. The molecule has 0 spiro atoms. The molecule has 0 bridgehead atoms. The topological polar surface area (TPSA) is 75.7 Å². The lowest BCUT2D eigenvalue weighted by atomic mass is 10.3. The van der Waals surface area contributed by atoms with Crippen LogP contribution in [0.2, 0.25) is 10.0 Å². The van der Waals surface area contributed by atoms with E-state index in [0.717, 1.165) is 11.3 Å². The number of hydrogen-bond donors (Lipinski definition) is 1. The minimum atomic E-state index is -3.75. The molecule has 134 valence electrons. The second kappa shape index (κ2) is 7.61. The van der Waals surface area contributed by atoms with Crippen molar-refractivity contribution in [2.24, 2.45) is 0 Å². The third kappa shape index (κ3) is 3.99. The minimum absolute atomic E-state index is 0.00281. The maximum Gasteiger partial charge on any atom is 0.267 e. The highest BCUT2D eigenvalue weighted by molar-refractivity contribution is 7.89. The SMILES string of the molecule is O=C(Nc1ccc(Cl)c(Cl)c1)c1sccc1S(=O)(=O)N1CCOCC1. The van der Waals surface area contributed by atoms with E-state index in [-0.39, 0.29) is 22.9 Å². The van der Waals surface area contributed by atoms with Crippen LogP contribution in [0.1, 0.15) is 9.67 Å². The number of rotatable bonds is 4. The summed E-state index contributed by atoms with van der Waals surface area (Å²) in [5.74, 6) is -0.514. The van der Waals surface area contributed by atoms with Crippen LogP contribution in [-0.2, 0) is 14.8 Å². The average molecular weight is 421 g/mol. The van der Waals surface area contributed by atoms with E-state index in [1.54, 1.807) is 17.5 Å². The number of carbonyl (C=O) groups excluding carboxylic acids is 1. The van der Waals surface area contributed by atoms with Crippen LogP contribution >= 0.6 is 34.5 Å². The van der Waals surface area contributed by atoms with Crippen LogP contribution < -0.4 is 5.32 Å². The van der Waals surface area contributed by atoms with Gasteiger partial charge in [-0.3, -0.25) is 4.79 Å². The molecule has 1 amide bonds. The molecule has 0 saturated carbocycles. The molecule has 10 heteroatoms. The number of amides is 1. The molecule has 6 nitrogen and oxygen atoms in total. The zero-order chi connectivity index (χ0) is 18.0. The van der Waals surface area contributed by atoms with Gasteiger partial charge in [0.25, 0.3) is 5.91 Å². The molecule has 1 aliphatic heterocycles. The molecule has 0 radical (unpaired) electrons. The highest BCUT2D eigenvalue weighted by Crippen LogP contribution is 2.28. The number of sulfonamides is 1. The first-order chi connectivity index (χ1) is 11.9. The number of hydrogen-bond acceptors (Lipinski definition) is 5. The highest BCUT2D eigenvalue weighted by atomic mass is 35.5. The van der Waals surface area contributed by atoms with Crippen molar-refractivity contribution in [1.82, 2.24) is 4.31 Å². The minimum Gasteiger partial charge on any atom is -0.379 e. The van der Waals surface area contributed by atoms with E-state index in [1.165, 1.54) is 16.4 Å². The number of benzene rings is 1. The molecule has 2 heterocycles. The molecule has 1 aliphatic rings. The number of morpholine rings is 1. The molecule has 1 saturated heterocycles. The summed E-state index contributed by atoms with van der Waals surface area (Å²) in [6.45, 7) is 1.22. The van der Waals surface area contributed by atoms with Crippen molar-refractivity contribution in [3.63, 3.8) is 0 Å². The zero-order valence-corrected chi connectivity index (χ0v) is 16.0. The normalized spacial score (nSPS) is 15.9. The Labute approximate surface area is 159 Å². The fraction of sp³-hybridized carbons (Fsp3) is 0.267. The van der Waals surface area contributed by atoms with Crippen molar-refractivity contribution >= 4 is 56.2 Å². The van der Waals surface area contributed by atoms with Crippen molar-refractivity contribution in [3.8, 4) is 0 Å². The summed E-state index contributed by atoms with van der Waals surface area (Å²) >= 11 is 12.8. The van der Waals surface area contributed by atoms with E-state index in [9.17, 15) is 13.2 Å². The van der Waals surface area contributed by atoms with Gasteiger partial charge >= 0.3 is 0 Å². The lowest BCUT2D eigenvalue weighted by Gasteiger charge is -2.26. The molecule has 0 unspecified atom stereocenters. The smallest absolute Gasteiger partial charge is 0.267 e. The summed E-state index contributed by atoms with van der Waals surface area (Å²) in [6.07, 6.45) is 0. The summed E-state index contributed by atoms with van der Waals surface area (Å²) in [4.78, 5) is 12.7. The molecule has 1 N–H and O–H groups in total. The van der Waals surface area contributed by atoms with E-state index in [1.807, 2.05) is 0 Å². The first-order valence-electron chi connectivity index (χ1n) is 7.31. The monoisotopic (exact) mass is 420 g/mol. The van der Waals surface area contributed by atoms with Gasteiger partial charge < -0.3 is 10.1 Å². The van der Waals surface area contributed by atoms with Crippen LogP contribution in [0.5, 0.6) is 0 Å². The van der Waals surface area contributed by atoms with Gasteiger partial charge in [-0.15, -0.1) is 11.3 Å². The predicted molar refractivity (Wildman–Crippen MR) is 98.3 cm³/mol. The van der Waals surface area contributed by atoms with Crippen LogP contribution in [0.3, 0.4) is 0 Å². The van der Waals surface area contributed by atoms with Crippen molar-refractivity contribution in [2.75, 3.05) is 31.6 Å². The molecule has 0 aliphatic carbocycles. The number of nitrogens with one attached hydrogen (secondary N) is 1. The Morgan fingerprint density at radius 3 is 2.56 bits per heavy atom.